The molecular formula is C14H15N3O2S2. The van der Waals surface area contributed by atoms with E-state index in [0.29, 0.717) is 10.4 Å². The van der Waals surface area contributed by atoms with Gasteiger partial charge >= 0.3 is 5.97 Å². The number of carboxylic acids is 1. The van der Waals surface area contributed by atoms with Crippen molar-refractivity contribution in [2.75, 3.05) is 11.1 Å². The number of nitrogens with one attached hydrogen (secondary N) is 1. The average Bonchev–Trinajstić information content (AvgIpc) is 2.92. The van der Waals surface area contributed by atoms with E-state index in [4.69, 9.17) is 5.11 Å². The fourth-order valence-electron chi connectivity index (χ4n) is 2.45. The maximum absolute atomic E-state index is 10.5. The summed E-state index contributed by atoms with van der Waals surface area (Å²) in [6.45, 7) is 0. The van der Waals surface area contributed by atoms with Crippen molar-refractivity contribution >= 4 is 34.2 Å². The molecule has 0 aliphatic heterocycles. The topological polar surface area (TPSA) is 75.1 Å². The van der Waals surface area contributed by atoms with Gasteiger partial charge in [-0.3, -0.25) is 4.79 Å². The van der Waals surface area contributed by atoms with E-state index in [1.54, 1.807) is 0 Å². The molecule has 0 radical (unpaired) electrons. The van der Waals surface area contributed by atoms with Gasteiger partial charge in [0.25, 0.3) is 0 Å². The third kappa shape index (κ3) is 3.74. The van der Waals surface area contributed by atoms with E-state index in [-0.39, 0.29) is 5.75 Å². The Morgan fingerprint density at radius 3 is 3.00 bits per heavy atom. The second-order valence-electron chi connectivity index (χ2n) is 4.91. The molecule has 0 saturated carbocycles. The van der Waals surface area contributed by atoms with E-state index in [0.717, 1.165) is 24.4 Å². The van der Waals surface area contributed by atoms with Crippen LogP contribution < -0.4 is 5.32 Å². The van der Waals surface area contributed by atoms with Gasteiger partial charge in [-0.15, -0.1) is 10.2 Å². The molecule has 3 rings (SSSR count). The lowest BCUT2D eigenvalue weighted by atomic mass is 9.88. The number of aromatic nitrogens is 2. The number of fused-ring (bicyclic) bond motifs is 1. The van der Waals surface area contributed by atoms with Crippen molar-refractivity contribution < 1.29 is 9.90 Å². The van der Waals surface area contributed by atoms with E-state index < -0.39 is 5.97 Å². The van der Waals surface area contributed by atoms with Crippen molar-refractivity contribution in [2.45, 2.75) is 29.6 Å². The van der Waals surface area contributed by atoms with Crippen molar-refractivity contribution in [3.8, 4) is 0 Å². The summed E-state index contributed by atoms with van der Waals surface area (Å²) in [5, 5.41) is 20.9. The first-order valence-electron chi connectivity index (χ1n) is 6.72. The molecule has 1 aromatic carbocycles. The monoisotopic (exact) mass is 321 g/mol. The summed E-state index contributed by atoms with van der Waals surface area (Å²) in [6, 6.07) is 8.90. The van der Waals surface area contributed by atoms with Gasteiger partial charge in [0.2, 0.25) is 5.13 Å². The van der Waals surface area contributed by atoms with Gasteiger partial charge in [0.15, 0.2) is 4.34 Å². The number of aliphatic carboxylic acids is 1. The Morgan fingerprint density at radius 1 is 1.38 bits per heavy atom. The molecule has 1 aliphatic carbocycles. The van der Waals surface area contributed by atoms with E-state index in [2.05, 4.69) is 39.8 Å². The molecule has 110 valence electrons. The van der Waals surface area contributed by atoms with Crippen LogP contribution in [0.1, 0.15) is 17.5 Å². The summed E-state index contributed by atoms with van der Waals surface area (Å²) in [4.78, 5) is 10.5. The molecule has 21 heavy (non-hydrogen) atoms. The number of carbonyl (C=O) groups is 1. The maximum atomic E-state index is 10.5. The van der Waals surface area contributed by atoms with Crippen LogP contribution in [0.3, 0.4) is 0 Å². The van der Waals surface area contributed by atoms with Crippen LogP contribution in [0.2, 0.25) is 0 Å². The highest BCUT2D eigenvalue weighted by Crippen LogP contribution is 2.28. The molecule has 1 heterocycles. The number of nitrogens with zero attached hydrogens (tertiary/aromatic N) is 2. The Bertz CT molecular complexity index is 645. The van der Waals surface area contributed by atoms with Crippen LogP contribution in [0.5, 0.6) is 0 Å². The fourth-order valence-corrected chi connectivity index (χ4v) is 3.99. The second-order valence-corrected chi connectivity index (χ2v) is 7.11. The normalized spacial score (nSPS) is 17.2. The van der Waals surface area contributed by atoms with Gasteiger partial charge in [-0.05, 0) is 30.4 Å². The van der Waals surface area contributed by atoms with Gasteiger partial charge < -0.3 is 10.4 Å². The van der Waals surface area contributed by atoms with Crippen molar-refractivity contribution in [3.05, 3.63) is 35.4 Å². The summed E-state index contributed by atoms with van der Waals surface area (Å²) >= 11 is 2.62. The molecule has 0 saturated heterocycles. The van der Waals surface area contributed by atoms with Crippen LogP contribution >= 0.6 is 23.1 Å². The highest BCUT2D eigenvalue weighted by atomic mass is 32.2. The first-order valence-corrected chi connectivity index (χ1v) is 8.52. The lowest BCUT2D eigenvalue weighted by Crippen LogP contribution is -2.27. The quantitative estimate of drug-likeness (QED) is 0.825. The summed E-state index contributed by atoms with van der Waals surface area (Å²) in [6.07, 6.45) is 3.15. The van der Waals surface area contributed by atoms with Gasteiger partial charge in [0, 0.05) is 6.04 Å². The number of rotatable bonds is 5. The first kappa shape index (κ1) is 14.3. The molecule has 0 amide bonds. The maximum Gasteiger partial charge on any atom is 0.313 e. The molecule has 1 aliphatic rings. The van der Waals surface area contributed by atoms with Gasteiger partial charge in [-0.2, -0.15) is 0 Å². The molecule has 1 atom stereocenters. The van der Waals surface area contributed by atoms with Gasteiger partial charge in [0.1, 0.15) is 0 Å². The van der Waals surface area contributed by atoms with Crippen LogP contribution in [0.25, 0.3) is 0 Å². The highest BCUT2D eigenvalue weighted by Gasteiger charge is 2.19. The van der Waals surface area contributed by atoms with Crippen LogP contribution in [-0.4, -0.2) is 33.1 Å². The highest BCUT2D eigenvalue weighted by molar-refractivity contribution is 8.01. The molecule has 0 spiro atoms. The minimum atomic E-state index is -0.839. The Labute approximate surface area is 130 Å². The zero-order valence-electron chi connectivity index (χ0n) is 11.3. The number of hydrogen-bond donors (Lipinski definition) is 2. The van der Waals surface area contributed by atoms with Crippen molar-refractivity contribution in [2.24, 2.45) is 0 Å². The van der Waals surface area contributed by atoms with Crippen LogP contribution in [0.4, 0.5) is 5.13 Å². The van der Waals surface area contributed by atoms with Crippen molar-refractivity contribution in [3.63, 3.8) is 0 Å². The fraction of sp³-hybridized carbons (Fsp3) is 0.357. The Morgan fingerprint density at radius 2 is 2.19 bits per heavy atom. The van der Waals surface area contributed by atoms with E-state index in [9.17, 15) is 4.79 Å². The predicted octanol–water partition coefficient (Wildman–Crippen LogP) is 2.68. The molecule has 2 aromatic rings. The van der Waals surface area contributed by atoms with Gasteiger partial charge in [0.05, 0.1) is 5.75 Å². The third-order valence-electron chi connectivity index (χ3n) is 3.40. The Kier molecular flexibility index (Phi) is 4.40. The number of carboxylic acid groups (broad SMARTS) is 1. The number of hydrogen-bond acceptors (Lipinski definition) is 6. The molecule has 0 bridgehead atoms. The largest absolute Gasteiger partial charge is 0.481 e. The average molecular weight is 321 g/mol. The Hall–Kier alpha value is -1.60. The van der Waals surface area contributed by atoms with Crippen LogP contribution in [0.15, 0.2) is 28.6 Å². The molecule has 0 fully saturated rings. The van der Waals surface area contributed by atoms with Crippen LogP contribution in [0, 0.1) is 0 Å². The van der Waals surface area contributed by atoms with Crippen molar-refractivity contribution in [1.82, 2.24) is 10.2 Å². The lowest BCUT2D eigenvalue weighted by molar-refractivity contribution is -0.133. The standard InChI is InChI=1S/C14H15N3O2S2/c18-12(19)8-20-14-17-16-13(21-14)15-11-6-5-9-3-1-2-4-10(9)7-11/h1-4,11H,5-8H2,(H,15,16)(H,18,19). The minimum absolute atomic E-state index is 0.0193. The van der Waals surface area contributed by atoms with Crippen LogP contribution in [-0.2, 0) is 17.6 Å². The summed E-state index contributed by atoms with van der Waals surface area (Å²) < 4.78 is 0.691. The molecule has 5 nitrogen and oxygen atoms in total. The smallest absolute Gasteiger partial charge is 0.313 e. The molecule has 1 unspecified atom stereocenters. The van der Waals surface area contributed by atoms with E-state index in [1.807, 2.05) is 0 Å². The summed E-state index contributed by atoms with van der Waals surface area (Å²) in [5.74, 6) is -0.820. The van der Waals surface area contributed by atoms with E-state index in [1.165, 1.54) is 34.2 Å². The lowest BCUT2D eigenvalue weighted by Gasteiger charge is -2.24. The molecule has 2 N–H and O–H groups in total. The SMILES string of the molecule is O=C(O)CSc1nnc(NC2CCc3ccccc3C2)s1. The third-order valence-corrected chi connectivity index (χ3v) is 5.37. The number of aryl methyl sites for hydroxylation is 1. The molecule has 1 aromatic heterocycles. The number of thioether (sulfide) groups is 1. The molecular weight excluding hydrogens is 306 g/mol. The predicted molar refractivity (Wildman–Crippen MR) is 84.1 cm³/mol. The second kappa shape index (κ2) is 6.44. The minimum Gasteiger partial charge on any atom is -0.481 e. The Balaban J connectivity index is 1.59. The number of benzene rings is 1. The molecule has 7 heteroatoms. The zero-order chi connectivity index (χ0) is 14.7. The van der Waals surface area contributed by atoms with E-state index >= 15 is 0 Å². The van der Waals surface area contributed by atoms with Gasteiger partial charge in [-0.1, -0.05) is 47.4 Å². The summed E-state index contributed by atoms with van der Waals surface area (Å²) in [5.41, 5.74) is 2.83. The van der Waals surface area contributed by atoms with Gasteiger partial charge in [-0.25, -0.2) is 0 Å². The first-order chi connectivity index (χ1) is 10.2. The van der Waals surface area contributed by atoms with Crippen molar-refractivity contribution in [1.29, 1.82) is 0 Å². The zero-order valence-corrected chi connectivity index (χ0v) is 12.9. The number of anilines is 1. The summed E-state index contributed by atoms with van der Waals surface area (Å²) in [7, 11) is 0.